The zero-order chi connectivity index (χ0) is 12.4. The highest BCUT2D eigenvalue weighted by molar-refractivity contribution is 5.86. The molecule has 2 N–H and O–H groups in total. The highest BCUT2D eigenvalue weighted by atomic mass is 16.3. The Morgan fingerprint density at radius 1 is 1.06 bits per heavy atom. The number of benzene rings is 1. The van der Waals surface area contributed by atoms with Crippen molar-refractivity contribution in [3.8, 4) is 11.5 Å². The van der Waals surface area contributed by atoms with E-state index in [4.69, 9.17) is 0 Å². The van der Waals surface area contributed by atoms with Crippen LogP contribution in [0.3, 0.4) is 0 Å². The predicted molar refractivity (Wildman–Crippen MR) is 66.2 cm³/mol. The molecule has 4 heteroatoms. The first-order chi connectivity index (χ1) is 8.13. The Balaban J connectivity index is 2.59. The van der Waals surface area contributed by atoms with Crippen molar-refractivity contribution >= 4 is 11.0 Å². The van der Waals surface area contributed by atoms with Crippen LogP contribution in [-0.2, 0) is 6.42 Å². The summed E-state index contributed by atoms with van der Waals surface area (Å²) in [5, 5.41) is 19.4. The second-order valence-electron chi connectivity index (χ2n) is 4.16. The second-order valence-corrected chi connectivity index (χ2v) is 4.16. The van der Waals surface area contributed by atoms with Crippen LogP contribution < -0.4 is 0 Å². The summed E-state index contributed by atoms with van der Waals surface area (Å²) in [5.74, 6) is 0.110. The van der Waals surface area contributed by atoms with Gasteiger partial charge >= 0.3 is 0 Å². The summed E-state index contributed by atoms with van der Waals surface area (Å²) in [6.45, 7) is 3.99. The first-order valence-electron chi connectivity index (χ1n) is 5.81. The van der Waals surface area contributed by atoms with Crippen molar-refractivity contribution in [1.29, 1.82) is 0 Å². The van der Waals surface area contributed by atoms with Gasteiger partial charge in [-0.3, -0.25) is 0 Å². The third kappa shape index (κ3) is 2.16. The molecule has 0 aliphatic carbocycles. The molecule has 0 radical (unpaired) electrons. The van der Waals surface area contributed by atoms with Gasteiger partial charge in [0.15, 0.2) is 0 Å². The number of rotatable bonds is 3. The number of aromatic hydroxyl groups is 2. The molecule has 2 rings (SSSR count). The number of hydrogen-bond donors (Lipinski definition) is 2. The molecule has 90 valence electrons. The summed E-state index contributed by atoms with van der Waals surface area (Å²) in [7, 11) is 0. The lowest BCUT2D eigenvalue weighted by Crippen LogP contribution is -1.99. The molecule has 0 bridgehead atoms. The van der Waals surface area contributed by atoms with E-state index < -0.39 is 0 Å². The molecule has 1 aromatic carbocycles. The average Bonchev–Trinajstić information content (AvgIpc) is 2.32. The van der Waals surface area contributed by atoms with E-state index in [1.165, 1.54) is 12.1 Å². The molecule has 0 saturated heterocycles. The number of hydrogen-bond acceptors (Lipinski definition) is 4. The molecular formula is C13H16N2O2. The van der Waals surface area contributed by atoms with Gasteiger partial charge < -0.3 is 10.2 Å². The van der Waals surface area contributed by atoms with Crippen molar-refractivity contribution in [1.82, 2.24) is 9.97 Å². The number of phenolic OH excluding ortho intramolecular Hbond substituents is 2. The van der Waals surface area contributed by atoms with E-state index in [0.717, 1.165) is 30.7 Å². The summed E-state index contributed by atoms with van der Waals surface area (Å²) in [5.41, 5.74) is 2.44. The Morgan fingerprint density at radius 3 is 2.24 bits per heavy atom. The van der Waals surface area contributed by atoms with Gasteiger partial charge in [-0.25, -0.2) is 9.97 Å². The second kappa shape index (κ2) is 4.57. The largest absolute Gasteiger partial charge is 0.506 e. The molecule has 2 aromatic rings. The van der Waals surface area contributed by atoms with Crippen LogP contribution in [0.1, 0.15) is 31.2 Å². The topological polar surface area (TPSA) is 66.2 Å². The van der Waals surface area contributed by atoms with E-state index in [1.807, 2.05) is 6.92 Å². The molecule has 0 amide bonds. The minimum absolute atomic E-state index is 0.0513. The number of nitrogens with zero attached hydrogens (tertiary/aromatic N) is 2. The van der Waals surface area contributed by atoms with Crippen LogP contribution in [0.15, 0.2) is 12.1 Å². The number of aryl methyl sites for hydroxylation is 2. The fraction of sp³-hybridized carbons (Fsp3) is 0.385. The smallest absolute Gasteiger partial charge is 0.143 e. The number of phenols is 2. The van der Waals surface area contributed by atoms with Crippen molar-refractivity contribution in [3.63, 3.8) is 0 Å². The lowest BCUT2D eigenvalue weighted by molar-refractivity contribution is 0.467. The Labute approximate surface area is 100.0 Å². The van der Waals surface area contributed by atoms with E-state index in [0.29, 0.717) is 11.0 Å². The van der Waals surface area contributed by atoms with Gasteiger partial charge in [-0.2, -0.15) is 0 Å². The van der Waals surface area contributed by atoms with Crippen LogP contribution in [0.2, 0.25) is 0 Å². The highest BCUT2D eigenvalue weighted by Gasteiger charge is 2.11. The summed E-state index contributed by atoms with van der Waals surface area (Å²) >= 11 is 0. The molecule has 1 aromatic heterocycles. The fourth-order valence-electron chi connectivity index (χ4n) is 1.81. The molecule has 0 fully saturated rings. The van der Waals surface area contributed by atoms with Gasteiger partial charge in [0.05, 0.1) is 11.4 Å². The van der Waals surface area contributed by atoms with E-state index >= 15 is 0 Å². The number of unbranched alkanes of at least 4 members (excludes halogenated alkanes) is 1. The average molecular weight is 232 g/mol. The Hall–Kier alpha value is -1.84. The molecule has 4 nitrogen and oxygen atoms in total. The standard InChI is InChI=1S/C13H16N2O2/c1-3-4-5-9-8(2)14-12-10(16)6-7-11(17)13(12)15-9/h6-7,16-17H,3-5H2,1-2H3. The molecule has 0 aliphatic heterocycles. The maximum atomic E-state index is 9.72. The monoisotopic (exact) mass is 232 g/mol. The Bertz CT molecular complexity index is 553. The quantitative estimate of drug-likeness (QED) is 0.798. The van der Waals surface area contributed by atoms with E-state index in [2.05, 4.69) is 16.9 Å². The van der Waals surface area contributed by atoms with Crippen LogP contribution in [0, 0.1) is 6.92 Å². The fourth-order valence-corrected chi connectivity index (χ4v) is 1.81. The third-order valence-electron chi connectivity index (χ3n) is 2.82. The molecule has 0 saturated carbocycles. The van der Waals surface area contributed by atoms with Crippen LogP contribution in [-0.4, -0.2) is 20.2 Å². The van der Waals surface area contributed by atoms with Crippen molar-refractivity contribution in [3.05, 3.63) is 23.5 Å². The van der Waals surface area contributed by atoms with Crippen LogP contribution in [0.4, 0.5) is 0 Å². The van der Waals surface area contributed by atoms with Gasteiger partial charge in [0, 0.05) is 0 Å². The Kier molecular flexibility index (Phi) is 3.13. The zero-order valence-corrected chi connectivity index (χ0v) is 10.1. The molecule has 17 heavy (non-hydrogen) atoms. The lowest BCUT2D eigenvalue weighted by atomic mass is 10.1. The zero-order valence-electron chi connectivity index (χ0n) is 10.1. The summed E-state index contributed by atoms with van der Waals surface area (Å²) in [6, 6.07) is 2.86. The minimum Gasteiger partial charge on any atom is -0.506 e. The van der Waals surface area contributed by atoms with Crippen molar-refractivity contribution in [2.24, 2.45) is 0 Å². The van der Waals surface area contributed by atoms with Gasteiger partial charge in [-0.05, 0) is 31.9 Å². The highest BCUT2D eigenvalue weighted by Crippen LogP contribution is 2.29. The molecule has 0 atom stereocenters. The van der Waals surface area contributed by atoms with Crippen molar-refractivity contribution in [2.75, 3.05) is 0 Å². The van der Waals surface area contributed by atoms with Crippen molar-refractivity contribution in [2.45, 2.75) is 33.1 Å². The van der Waals surface area contributed by atoms with E-state index in [-0.39, 0.29) is 11.5 Å². The lowest BCUT2D eigenvalue weighted by Gasteiger charge is -2.08. The van der Waals surface area contributed by atoms with Crippen LogP contribution in [0.25, 0.3) is 11.0 Å². The summed E-state index contributed by atoms with van der Waals surface area (Å²) < 4.78 is 0. The van der Waals surface area contributed by atoms with Gasteiger partial charge in [0.2, 0.25) is 0 Å². The van der Waals surface area contributed by atoms with E-state index in [1.54, 1.807) is 0 Å². The van der Waals surface area contributed by atoms with Crippen LogP contribution in [0.5, 0.6) is 11.5 Å². The first-order valence-corrected chi connectivity index (χ1v) is 5.81. The number of aromatic nitrogens is 2. The maximum Gasteiger partial charge on any atom is 0.143 e. The molecule has 0 spiro atoms. The van der Waals surface area contributed by atoms with Gasteiger partial charge in [-0.1, -0.05) is 13.3 Å². The molecular weight excluding hydrogens is 216 g/mol. The van der Waals surface area contributed by atoms with Crippen molar-refractivity contribution < 1.29 is 10.2 Å². The van der Waals surface area contributed by atoms with Gasteiger partial charge in [0.25, 0.3) is 0 Å². The minimum atomic E-state index is 0.0513. The summed E-state index contributed by atoms with van der Waals surface area (Å²) in [6.07, 6.45) is 2.98. The molecule has 1 heterocycles. The number of fused-ring (bicyclic) bond motifs is 1. The van der Waals surface area contributed by atoms with Gasteiger partial charge in [-0.15, -0.1) is 0 Å². The molecule has 0 aliphatic rings. The predicted octanol–water partition coefficient (Wildman–Crippen LogP) is 2.69. The van der Waals surface area contributed by atoms with E-state index in [9.17, 15) is 10.2 Å². The first kappa shape index (κ1) is 11.6. The normalized spacial score (nSPS) is 10.9. The summed E-state index contributed by atoms with van der Waals surface area (Å²) in [4.78, 5) is 8.72. The van der Waals surface area contributed by atoms with Crippen LogP contribution >= 0.6 is 0 Å². The van der Waals surface area contributed by atoms with Gasteiger partial charge in [0.1, 0.15) is 22.5 Å². The maximum absolute atomic E-state index is 9.72. The Morgan fingerprint density at radius 2 is 1.65 bits per heavy atom. The molecule has 0 unspecified atom stereocenters. The third-order valence-corrected chi connectivity index (χ3v) is 2.82. The SMILES string of the molecule is CCCCc1nc2c(O)ccc(O)c2nc1C.